The summed E-state index contributed by atoms with van der Waals surface area (Å²) in [6.45, 7) is 0. The Morgan fingerprint density at radius 2 is 1.44 bits per heavy atom. The van der Waals surface area contributed by atoms with E-state index in [1.807, 2.05) is 12.1 Å². The van der Waals surface area contributed by atoms with E-state index in [2.05, 4.69) is 22.6 Å². The van der Waals surface area contributed by atoms with E-state index in [-0.39, 0.29) is 21.4 Å². The van der Waals surface area contributed by atoms with Crippen molar-refractivity contribution in [2.45, 2.75) is 0 Å². The van der Waals surface area contributed by atoms with Gasteiger partial charge in [-0.15, -0.1) is 0 Å². The zero-order chi connectivity index (χ0) is 13.3. The Kier molecular flexibility index (Phi) is 4.54. The summed E-state index contributed by atoms with van der Waals surface area (Å²) in [7, 11) is 0. The van der Waals surface area contributed by atoms with Gasteiger partial charge in [-0.25, -0.2) is 0 Å². The van der Waals surface area contributed by atoms with Crippen LogP contribution >= 0.6 is 57.4 Å². The molecule has 18 heavy (non-hydrogen) atoms. The highest BCUT2D eigenvalue weighted by Gasteiger charge is 2.17. The third-order valence-corrected chi connectivity index (χ3v) is 3.87. The van der Waals surface area contributed by atoms with Crippen LogP contribution in [-0.4, -0.2) is 5.78 Å². The van der Waals surface area contributed by atoms with Crippen LogP contribution in [0.5, 0.6) is 0 Å². The molecule has 0 aliphatic carbocycles. The molecule has 0 N–H and O–H groups in total. The van der Waals surface area contributed by atoms with E-state index in [1.165, 1.54) is 12.1 Å². The molecule has 2 rings (SSSR count). The standard InChI is InChI=1S/C13H6Cl3IO/c14-8-5-10(15)12(11(16)6-8)13(18)7-1-3-9(17)4-2-7/h1-6H. The molecular weight excluding hydrogens is 405 g/mol. The Morgan fingerprint density at radius 1 is 0.944 bits per heavy atom. The number of ketones is 1. The molecule has 0 spiro atoms. The second kappa shape index (κ2) is 5.78. The van der Waals surface area contributed by atoms with Crippen LogP contribution in [0.2, 0.25) is 15.1 Å². The predicted molar refractivity (Wildman–Crippen MR) is 84.1 cm³/mol. The molecule has 0 heterocycles. The highest BCUT2D eigenvalue weighted by Crippen LogP contribution is 2.30. The van der Waals surface area contributed by atoms with Crippen LogP contribution in [0.3, 0.4) is 0 Å². The first-order valence-corrected chi connectivity index (χ1v) is 7.15. The van der Waals surface area contributed by atoms with Gasteiger partial charge in [-0.1, -0.05) is 34.8 Å². The van der Waals surface area contributed by atoms with Crippen molar-refractivity contribution in [1.29, 1.82) is 0 Å². The van der Waals surface area contributed by atoms with E-state index in [1.54, 1.807) is 12.1 Å². The summed E-state index contributed by atoms with van der Waals surface area (Å²) in [5.74, 6) is -0.210. The largest absolute Gasteiger partial charge is 0.288 e. The maximum Gasteiger partial charge on any atom is 0.196 e. The highest BCUT2D eigenvalue weighted by molar-refractivity contribution is 14.1. The SMILES string of the molecule is O=C(c1ccc(I)cc1)c1c(Cl)cc(Cl)cc1Cl. The Labute approximate surface area is 133 Å². The minimum atomic E-state index is -0.210. The van der Waals surface area contributed by atoms with Crippen LogP contribution in [0.15, 0.2) is 36.4 Å². The third kappa shape index (κ3) is 2.99. The summed E-state index contributed by atoms with van der Waals surface area (Å²) in [4.78, 5) is 12.3. The Bertz CT molecular complexity index is 585. The lowest BCUT2D eigenvalue weighted by atomic mass is 10.0. The summed E-state index contributed by atoms with van der Waals surface area (Å²) < 4.78 is 1.05. The molecule has 2 aromatic rings. The van der Waals surface area contributed by atoms with Crippen LogP contribution in [0.4, 0.5) is 0 Å². The molecule has 0 bridgehead atoms. The topological polar surface area (TPSA) is 17.1 Å². The van der Waals surface area contributed by atoms with Gasteiger partial charge < -0.3 is 0 Å². The quantitative estimate of drug-likeness (QED) is 0.472. The van der Waals surface area contributed by atoms with Crippen LogP contribution < -0.4 is 0 Å². The Morgan fingerprint density at radius 3 is 1.94 bits per heavy atom. The van der Waals surface area contributed by atoms with Gasteiger partial charge in [0.2, 0.25) is 0 Å². The lowest BCUT2D eigenvalue weighted by Gasteiger charge is -2.07. The van der Waals surface area contributed by atoms with Gasteiger partial charge in [-0.05, 0) is 59.0 Å². The Hall–Kier alpha value is -0.290. The van der Waals surface area contributed by atoms with Crippen molar-refractivity contribution < 1.29 is 4.79 Å². The fourth-order valence-corrected chi connectivity index (χ4v) is 2.85. The lowest BCUT2D eigenvalue weighted by Crippen LogP contribution is -2.03. The van der Waals surface area contributed by atoms with Gasteiger partial charge in [0.1, 0.15) is 0 Å². The summed E-state index contributed by atoms with van der Waals surface area (Å²) >= 11 is 20.0. The van der Waals surface area contributed by atoms with Gasteiger partial charge >= 0.3 is 0 Å². The number of halogens is 4. The number of rotatable bonds is 2. The fraction of sp³-hybridized carbons (Fsp3) is 0. The molecule has 0 aliphatic rings. The van der Waals surface area contributed by atoms with Crippen molar-refractivity contribution >= 4 is 63.2 Å². The van der Waals surface area contributed by atoms with E-state index in [0.29, 0.717) is 10.6 Å². The van der Waals surface area contributed by atoms with Crippen molar-refractivity contribution in [3.05, 3.63) is 66.2 Å². The molecule has 1 nitrogen and oxygen atoms in total. The number of hydrogen-bond acceptors (Lipinski definition) is 1. The van der Waals surface area contributed by atoms with Crippen molar-refractivity contribution in [3.8, 4) is 0 Å². The third-order valence-electron chi connectivity index (χ3n) is 2.34. The number of benzene rings is 2. The summed E-state index contributed by atoms with van der Waals surface area (Å²) in [5, 5.41) is 0.927. The van der Waals surface area contributed by atoms with E-state index in [0.717, 1.165) is 3.57 Å². The molecule has 0 aliphatic heterocycles. The van der Waals surface area contributed by atoms with E-state index < -0.39 is 0 Å². The van der Waals surface area contributed by atoms with Crippen LogP contribution in [0.25, 0.3) is 0 Å². The van der Waals surface area contributed by atoms with Crippen molar-refractivity contribution in [2.75, 3.05) is 0 Å². The monoisotopic (exact) mass is 410 g/mol. The van der Waals surface area contributed by atoms with Crippen LogP contribution in [-0.2, 0) is 0 Å². The maximum atomic E-state index is 12.3. The zero-order valence-electron chi connectivity index (χ0n) is 8.88. The molecular formula is C13H6Cl3IO. The van der Waals surface area contributed by atoms with Crippen LogP contribution in [0, 0.1) is 3.57 Å². The predicted octanol–water partition coefficient (Wildman–Crippen LogP) is 5.48. The molecule has 0 saturated carbocycles. The van der Waals surface area contributed by atoms with Crippen molar-refractivity contribution in [3.63, 3.8) is 0 Å². The second-order valence-corrected chi connectivity index (χ2v) is 6.08. The van der Waals surface area contributed by atoms with Gasteiger partial charge in [0.25, 0.3) is 0 Å². The highest BCUT2D eigenvalue weighted by atomic mass is 127. The average Bonchev–Trinajstić information content (AvgIpc) is 2.28. The molecule has 2 aromatic carbocycles. The van der Waals surface area contributed by atoms with Gasteiger partial charge in [0.15, 0.2) is 5.78 Å². The summed E-state index contributed by atoms with van der Waals surface area (Å²) in [6.07, 6.45) is 0. The molecule has 0 unspecified atom stereocenters. The van der Waals surface area contributed by atoms with Crippen molar-refractivity contribution in [1.82, 2.24) is 0 Å². The molecule has 0 aromatic heterocycles. The summed E-state index contributed by atoms with van der Waals surface area (Å²) in [5.41, 5.74) is 0.825. The molecule has 5 heteroatoms. The molecule has 0 atom stereocenters. The van der Waals surface area contributed by atoms with Crippen LogP contribution in [0.1, 0.15) is 15.9 Å². The van der Waals surface area contributed by atoms with Gasteiger partial charge in [-0.2, -0.15) is 0 Å². The first kappa shape index (κ1) is 14.1. The summed E-state index contributed by atoms with van der Waals surface area (Å²) in [6, 6.07) is 10.2. The van der Waals surface area contributed by atoms with Gasteiger partial charge in [0.05, 0.1) is 15.6 Å². The normalized spacial score (nSPS) is 10.4. The number of carbonyl (C=O) groups excluding carboxylic acids is 1. The number of carbonyl (C=O) groups is 1. The van der Waals surface area contributed by atoms with E-state index >= 15 is 0 Å². The smallest absolute Gasteiger partial charge is 0.196 e. The minimum Gasteiger partial charge on any atom is -0.288 e. The first-order chi connectivity index (χ1) is 8.49. The molecule has 0 fully saturated rings. The Balaban J connectivity index is 2.49. The van der Waals surface area contributed by atoms with E-state index in [9.17, 15) is 4.79 Å². The molecule has 92 valence electrons. The van der Waals surface area contributed by atoms with E-state index in [4.69, 9.17) is 34.8 Å². The average molecular weight is 411 g/mol. The number of hydrogen-bond donors (Lipinski definition) is 0. The van der Waals surface area contributed by atoms with Crippen molar-refractivity contribution in [2.24, 2.45) is 0 Å². The minimum absolute atomic E-state index is 0.210. The molecule has 0 amide bonds. The molecule has 0 saturated heterocycles. The maximum absolute atomic E-state index is 12.3. The lowest BCUT2D eigenvalue weighted by molar-refractivity contribution is 0.103. The van der Waals surface area contributed by atoms with Gasteiger partial charge in [0, 0.05) is 14.2 Å². The first-order valence-electron chi connectivity index (χ1n) is 4.94. The molecule has 0 radical (unpaired) electrons. The fourth-order valence-electron chi connectivity index (χ4n) is 1.50. The second-order valence-electron chi connectivity index (χ2n) is 3.58. The van der Waals surface area contributed by atoms with Gasteiger partial charge in [-0.3, -0.25) is 4.79 Å². The zero-order valence-corrected chi connectivity index (χ0v) is 13.3.